The predicted octanol–water partition coefficient (Wildman–Crippen LogP) is 1.88. The fraction of sp³-hybridized carbons (Fsp3) is 0.667. The van der Waals surface area contributed by atoms with Crippen LogP contribution < -0.4 is 16.6 Å². The predicted molar refractivity (Wildman–Crippen MR) is 78.6 cm³/mol. The van der Waals surface area contributed by atoms with E-state index in [-0.39, 0.29) is 12.1 Å². The van der Waals surface area contributed by atoms with Gasteiger partial charge < -0.3 is 10.4 Å². The van der Waals surface area contributed by atoms with Crippen molar-refractivity contribution in [2.75, 3.05) is 17.3 Å². The Bertz CT molecular complexity index is 434. The van der Waals surface area contributed by atoms with Crippen LogP contribution in [0.5, 0.6) is 0 Å². The summed E-state index contributed by atoms with van der Waals surface area (Å²) in [5.74, 6) is 7.05. The highest BCUT2D eigenvalue weighted by molar-refractivity contribution is 9.10. The average Bonchev–Trinajstić information content (AvgIpc) is 2.44. The Morgan fingerprint density at radius 2 is 2.21 bits per heavy atom. The third kappa shape index (κ3) is 3.34. The molecule has 1 heterocycles. The zero-order valence-corrected chi connectivity index (χ0v) is 12.6. The summed E-state index contributed by atoms with van der Waals surface area (Å²) in [6.45, 7) is 2.35. The minimum absolute atomic E-state index is 0.0988. The van der Waals surface area contributed by atoms with Gasteiger partial charge in [0.2, 0.25) is 5.95 Å². The van der Waals surface area contributed by atoms with Crippen LogP contribution in [0, 0.1) is 5.92 Å². The van der Waals surface area contributed by atoms with Gasteiger partial charge in [0, 0.05) is 6.20 Å². The lowest BCUT2D eigenvalue weighted by molar-refractivity contribution is 0.155. The fourth-order valence-electron chi connectivity index (χ4n) is 2.41. The number of hydrazine groups is 1. The molecule has 0 unspecified atom stereocenters. The zero-order chi connectivity index (χ0) is 13.9. The third-order valence-electron chi connectivity index (χ3n) is 3.79. The van der Waals surface area contributed by atoms with Crippen LogP contribution in [0.4, 0.5) is 11.8 Å². The summed E-state index contributed by atoms with van der Waals surface area (Å²) in [6, 6.07) is 0. The van der Waals surface area contributed by atoms with E-state index >= 15 is 0 Å². The lowest BCUT2D eigenvalue weighted by atomic mass is 9.77. The van der Waals surface area contributed by atoms with E-state index < -0.39 is 0 Å². The van der Waals surface area contributed by atoms with Gasteiger partial charge in [-0.2, -0.15) is 4.98 Å². The number of hydrogen-bond acceptors (Lipinski definition) is 6. The summed E-state index contributed by atoms with van der Waals surface area (Å²) >= 11 is 3.41. The van der Waals surface area contributed by atoms with E-state index in [2.05, 4.69) is 43.6 Å². The molecule has 1 aliphatic carbocycles. The molecule has 6 nitrogen and oxygen atoms in total. The van der Waals surface area contributed by atoms with Crippen molar-refractivity contribution in [3.05, 3.63) is 10.7 Å². The van der Waals surface area contributed by atoms with E-state index in [1.54, 1.807) is 6.20 Å². The topological polar surface area (TPSA) is 96.1 Å². The molecule has 1 aromatic heterocycles. The Labute approximate surface area is 121 Å². The quantitative estimate of drug-likeness (QED) is 0.497. The highest BCUT2D eigenvalue weighted by atomic mass is 79.9. The van der Waals surface area contributed by atoms with Crippen LogP contribution >= 0.6 is 15.9 Å². The van der Waals surface area contributed by atoms with Crippen molar-refractivity contribution in [3.8, 4) is 0 Å². The summed E-state index contributed by atoms with van der Waals surface area (Å²) in [6.07, 6.45) is 5.73. The lowest BCUT2D eigenvalue weighted by Crippen LogP contribution is -2.45. The Morgan fingerprint density at radius 1 is 1.53 bits per heavy atom. The number of rotatable bonds is 4. The SMILES string of the molecule is CC1CCC(CO)(Nc2nc(NN)ncc2Br)CC1. The first-order chi connectivity index (χ1) is 9.08. The Hall–Kier alpha value is -0.920. The molecule has 0 aromatic carbocycles. The van der Waals surface area contributed by atoms with E-state index in [0.717, 1.165) is 36.1 Å². The molecule has 5 N–H and O–H groups in total. The number of anilines is 2. The molecule has 7 heteroatoms. The average molecular weight is 330 g/mol. The maximum absolute atomic E-state index is 9.74. The molecule has 0 amide bonds. The van der Waals surface area contributed by atoms with Crippen LogP contribution in [0.2, 0.25) is 0 Å². The molecule has 1 aromatic rings. The minimum Gasteiger partial charge on any atom is -0.394 e. The van der Waals surface area contributed by atoms with Crippen LogP contribution in [0.3, 0.4) is 0 Å². The lowest BCUT2D eigenvalue weighted by Gasteiger charge is -2.39. The van der Waals surface area contributed by atoms with Gasteiger partial charge in [-0.1, -0.05) is 6.92 Å². The van der Waals surface area contributed by atoms with Crippen LogP contribution in [-0.4, -0.2) is 27.2 Å². The monoisotopic (exact) mass is 329 g/mol. The normalized spacial score (nSPS) is 27.1. The van der Waals surface area contributed by atoms with E-state index in [4.69, 9.17) is 5.84 Å². The minimum atomic E-state index is -0.296. The van der Waals surface area contributed by atoms with Crippen molar-refractivity contribution in [3.63, 3.8) is 0 Å². The number of hydrogen-bond donors (Lipinski definition) is 4. The second kappa shape index (κ2) is 6.02. The molecule has 0 spiro atoms. The van der Waals surface area contributed by atoms with Crippen molar-refractivity contribution in [1.29, 1.82) is 0 Å². The summed E-state index contributed by atoms with van der Waals surface area (Å²) in [7, 11) is 0. The number of nitrogen functional groups attached to an aromatic ring is 1. The van der Waals surface area contributed by atoms with Gasteiger partial charge >= 0.3 is 0 Å². The van der Waals surface area contributed by atoms with Gasteiger partial charge in [0.15, 0.2) is 0 Å². The molecule has 1 aliphatic rings. The van der Waals surface area contributed by atoms with Crippen LogP contribution in [-0.2, 0) is 0 Å². The molecular weight excluding hydrogens is 310 g/mol. The van der Waals surface area contributed by atoms with Gasteiger partial charge in [0.1, 0.15) is 5.82 Å². The van der Waals surface area contributed by atoms with E-state index in [1.807, 2.05) is 0 Å². The van der Waals surface area contributed by atoms with Gasteiger partial charge in [0.25, 0.3) is 0 Å². The molecule has 0 radical (unpaired) electrons. The molecule has 1 fully saturated rings. The molecule has 19 heavy (non-hydrogen) atoms. The van der Waals surface area contributed by atoms with Gasteiger partial charge in [0.05, 0.1) is 16.6 Å². The number of aliphatic hydroxyl groups is 1. The number of nitrogens with zero attached hydrogens (tertiary/aromatic N) is 2. The number of halogens is 1. The molecule has 106 valence electrons. The molecule has 0 saturated heterocycles. The van der Waals surface area contributed by atoms with E-state index in [1.165, 1.54) is 0 Å². The first-order valence-corrected chi connectivity index (χ1v) is 7.26. The van der Waals surface area contributed by atoms with E-state index in [9.17, 15) is 5.11 Å². The molecule has 0 aliphatic heterocycles. The Morgan fingerprint density at radius 3 is 2.79 bits per heavy atom. The third-order valence-corrected chi connectivity index (χ3v) is 4.37. The van der Waals surface area contributed by atoms with Gasteiger partial charge in [-0.05, 0) is 47.5 Å². The second-order valence-corrected chi connectivity index (χ2v) is 6.13. The maximum atomic E-state index is 9.74. The summed E-state index contributed by atoms with van der Waals surface area (Å²) in [5.41, 5.74) is 2.13. The Kier molecular flexibility index (Phi) is 4.59. The molecule has 0 bridgehead atoms. The molecule has 0 atom stereocenters. The van der Waals surface area contributed by atoms with Crippen molar-refractivity contribution >= 4 is 27.7 Å². The number of nitrogens with one attached hydrogen (secondary N) is 2. The van der Waals surface area contributed by atoms with Gasteiger partial charge in [-0.3, -0.25) is 5.43 Å². The smallest absolute Gasteiger partial charge is 0.239 e. The van der Waals surface area contributed by atoms with E-state index in [0.29, 0.717) is 11.8 Å². The fourth-order valence-corrected chi connectivity index (χ4v) is 2.70. The van der Waals surface area contributed by atoms with Crippen LogP contribution in [0.1, 0.15) is 32.6 Å². The Balaban J connectivity index is 2.18. The maximum Gasteiger partial charge on any atom is 0.239 e. The summed E-state index contributed by atoms with van der Waals surface area (Å²) < 4.78 is 0.762. The summed E-state index contributed by atoms with van der Waals surface area (Å²) in [5, 5.41) is 13.1. The van der Waals surface area contributed by atoms with Crippen LogP contribution in [0.15, 0.2) is 10.7 Å². The number of aromatic nitrogens is 2. The molecule has 1 saturated carbocycles. The summed E-state index contributed by atoms with van der Waals surface area (Å²) in [4.78, 5) is 8.30. The van der Waals surface area contributed by atoms with Crippen molar-refractivity contribution < 1.29 is 5.11 Å². The highest BCUT2D eigenvalue weighted by Gasteiger charge is 2.34. The standard InChI is InChI=1S/C12H20BrN5O/c1-8-2-4-12(7-19,5-3-8)17-10-9(13)6-15-11(16-10)18-14/h6,8,19H,2-5,7,14H2,1H3,(H2,15,16,17,18). The highest BCUT2D eigenvalue weighted by Crippen LogP contribution is 2.35. The first-order valence-electron chi connectivity index (χ1n) is 6.47. The van der Waals surface area contributed by atoms with Crippen LogP contribution in [0.25, 0.3) is 0 Å². The van der Waals surface area contributed by atoms with Crippen molar-refractivity contribution in [2.24, 2.45) is 11.8 Å². The van der Waals surface area contributed by atoms with Crippen molar-refractivity contribution in [2.45, 2.75) is 38.1 Å². The second-order valence-electron chi connectivity index (χ2n) is 5.28. The largest absolute Gasteiger partial charge is 0.394 e. The van der Waals surface area contributed by atoms with Gasteiger partial charge in [-0.25, -0.2) is 10.8 Å². The van der Waals surface area contributed by atoms with Gasteiger partial charge in [-0.15, -0.1) is 0 Å². The molecular formula is C12H20BrN5O. The molecule has 2 rings (SSSR count). The number of aliphatic hydroxyl groups excluding tert-OH is 1. The zero-order valence-electron chi connectivity index (χ0n) is 11.0. The van der Waals surface area contributed by atoms with Crippen molar-refractivity contribution in [1.82, 2.24) is 9.97 Å². The first kappa shape index (κ1) is 14.5. The number of nitrogens with two attached hydrogens (primary N) is 1.